The number of halogens is 1. The summed E-state index contributed by atoms with van der Waals surface area (Å²) in [5, 5.41) is 3.36. The van der Waals surface area contributed by atoms with Crippen LogP contribution in [0.5, 0.6) is 5.75 Å². The lowest BCUT2D eigenvalue weighted by Gasteiger charge is -2.18. The maximum Gasteiger partial charge on any atom is 0.144 e. The van der Waals surface area contributed by atoms with Crippen molar-refractivity contribution in [3.63, 3.8) is 0 Å². The number of benzene rings is 2. The predicted octanol–water partition coefficient (Wildman–Crippen LogP) is 5.13. The van der Waals surface area contributed by atoms with Crippen molar-refractivity contribution in [2.75, 3.05) is 12.4 Å². The zero-order valence-corrected chi connectivity index (χ0v) is 13.0. The summed E-state index contributed by atoms with van der Waals surface area (Å²) in [5.74, 6) is 0.742. The molecule has 0 heterocycles. The van der Waals surface area contributed by atoms with Gasteiger partial charge in [-0.3, -0.25) is 0 Å². The van der Waals surface area contributed by atoms with Crippen LogP contribution < -0.4 is 10.1 Å². The van der Waals surface area contributed by atoms with Gasteiger partial charge in [-0.25, -0.2) is 4.39 Å². The summed E-state index contributed by atoms with van der Waals surface area (Å²) in [6.07, 6.45) is 0. The van der Waals surface area contributed by atoms with E-state index in [-0.39, 0.29) is 11.9 Å². The molecule has 0 saturated carbocycles. The molecule has 0 fully saturated rings. The number of ether oxygens (including phenoxy) is 1. The second-order valence-corrected chi connectivity index (χ2v) is 5.53. The van der Waals surface area contributed by atoms with E-state index in [1.54, 1.807) is 13.2 Å². The van der Waals surface area contributed by atoms with Crippen LogP contribution in [-0.4, -0.2) is 7.11 Å². The Morgan fingerprint density at radius 2 is 1.57 bits per heavy atom. The second-order valence-electron chi connectivity index (χ2n) is 5.53. The van der Waals surface area contributed by atoms with Crippen LogP contribution in [0.25, 0.3) is 0 Å². The number of hydrogen-bond acceptors (Lipinski definition) is 2. The molecule has 1 unspecified atom stereocenters. The lowest BCUT2D eigenvalue weighted by atomic mass is 9.99. The van der Waals surface area contributed by atoms with Crippen molar-refractivity contribution in [2.45, 2.75) is 32.7 Å². The summed E-state index contributed by atoms with van der Waals surface area (Å²) in [4.78, 5) is 0. The fourth-order valence-electron chi connectivity index (χ4n) is 2.27. The summed E-state index contributed by atoms with van der Waals surface area (Å²) >= 11 is 0. The first-order valence-corrected chi connectivity index (χ1v) is 7.21. The van der Waals surface area contributed by atoms with Crippen molar-refractivity contribution in [3.8, 4) is 5.75 Å². The van der Waals surface area contributed by atoms with Gasteiger partial charge in [-0.15, -0.1) is 0 Å². The minimum atomic E-state index is -0.300. The van der Waals surface area contributed by atoms with Crippen molar-refractivity contribution in [3.05, 3.63) is 59.4 Å². The van der Waals surface area contributed by atoms with Gasteiger partial charge in [0.05, 0.1) is 12.8 Å². The Labute approximate surface area is 126 Å². The lowest BCUT2D eigenvalue weighted by molar-refractivity contribution is 0.412. The summed E-state index contributed by atoms with van der Waals surface area (Å²) < 4.78 is 18.4. The van der Waals surface area contributed by atoms with Crippen LogP contribution in [0.15, 0.2) is 42.5 Å². The Bertz CT molecular complexity index is 593. The molecule has 0 aromatic heterocycles. The second kappa shape index (κ2) is 6.61. The fourth-order valence-corrected chi connectivity index (χ4v) is 2.27. The molecule has 2 aromatic carbocycles. The Balaban J connectivity index is 2.15. The Kier molecular flexibility index (Phi) is 4.84. The van der Waals surface area contributed by atoms with Crippen LogP contribution in [0.2, 0.25) is 0 Å². The third kappa shape index (κ3) is 3.75. The Morgan fingerprint density at radius 1 is 0.952 bits per heavy atom. The quantitative estimate of drug-likeness (QED) is 0.823. The van der Waals surface area contributed by atoms with Gasteiger partial charge in [0, 0.05) is 12.1 Å². The van der Waals surface area contributed by atoms with Crippen molar-refractivity contribution < 1.29 is 9.13 Å². The monoisotopic (exact) mass is 287 g/mol. The smallest absolute Gasteiger partial charge is 0.144 e. The van der Waals surface area contributed by atoms with Gasteiger partial charge in [0.1, 0.15) is 11.6 Å². The van der Waals surface area contributed by atoms with Gasteiger partial charge in [-0.2, -0.15) is 0 Å². The number of nitrogens with one attached hydrogen (secondary N) is 1. The van der Waals surface area contributed by atoms with Crippen LogP contribution in [0.3, 0.4) is 0 Å². The number of anilines is 1. The maximum absolute atomic E-state index is 13.2. The maximum atomic E-state index is 13.2. The Hall–Kier alpha value is -2.03. The van der Waals surface area contributed by atoms with Gasteiger partial charge in [-0.05, 0) is 36.1 Å². The Morgan fingerprint density at radius 3 is 2.14 bits per heavy atom. The van der Waals surface area contributed by atoms with Gasteiger partial charge >= 0.3 is 0 Å². The highest BCUT2D eigenvalue weighted by Gasteiger charge is 2.10. The molecule has 1 atom stereocenters. The van der Waals surface area contributed by atoms with Gasteiger partial charge in [0.2, 0.25) is 0 Å². The van der Waals surface area contributed by atoms with Crippen molar-refractivity contribution in [2.24, 2.45) is 0 Å². The summed E-state index contributed by atoms with van der Waals surface area (Å²) in [5.41, 5.74) is 3.30. The van der Waals surface area contributed by atoms with Crippen molar-refractivity contribution in [1.82, 2.24) is 0 Å². The SMILES string of the molecule is COc1cc(F)ccc1NC(C)c1ccc(C(C)C)cc1. The average Bonchev–Trinajstić information content (AvgIpc) is 2.49. The molecular formula is C18H22FNO. The van der Waals surface area contributed by atoms with E-state index in [0.29, 0.717) is 11.7 Å². The normalized spacial score (nSPS) is 12.3. The van der Waals surface area contributed by atoms with Gasteiger partial charge in [0.15, 0.2) is 0 Å². The molecule has 2 rings (SSSR count). The molecular weight excluding hydrogens is 265 g/mol. The fraction of sp³-hybridized carbons (Fsp3) is 0.333. The third-order valence-electron chi connectivity index (χ3n) is 3.64. The van der Waals surface area contributed by atoms with Crippen LogP contribution in [0, 0.1) is 5.82 Å². The van der Waals surface area contributed by atoms with E-state index in [0.717, 1.165) is 5.69 Å². The van der Waals surface area contributed by atoms with Gasteiger partial charge in [-0.1, -0.05) is 38.1 Å². The van der Waals surface area contributed by atoms with Crippen LogP contribution in [-0.2, 0) is 0 Å². The molecule has 0 aliphatic carbocycles. The molecule has 0 spiro atoms. The third-order valence-corrected chi connectivity index (χ3v) is 3.64. The van der Waals surface area contributed by atoms with E-state index in [2.05, 4.69) is 50.4 Å². The molecule has 0 aliphatic heterocycles. The molecule has 0 saturated heterocycles. The molecule has 0 radical (unpaired) electrons. The van der Waals surface area contributed by atoms with Gasteiger partial charge < -0.3 is 10.1 Å². The predicted molar refractivity (Wildman–Crippen MR) is 85.5 cm³/mol. The molecule has 1 N–H and O–H groups in total. The largest absolute Gasteiger partial charge is 0.494 e. The number of methoxy groups -OCH3 is 1. The zero-order valence-electron chi connectivity index (χ0n) is 13.0. The molecule has 21 heavy (non-hydrogen) atoms. The van der Waals surface area contributed by atoms with E-state index in [1.807, 2.05) is 0 Å². The minimum absolute atomic E-state index is 0.116. The highest BCUT2D eigenvalue weighted by atomic mass is 19.1. The van der Waals surface area contributed by atoms with E-state index < -0.39 is 0 Å². The molecule has 3 heteroatoms. The zero-order chi connectivity index (χ0) is 15.4. The van der Waals surface area contributed by atoms with Crippen LogP contribution in [0.1, 0.15) is 43.9 Å². The molecule has 2 nitrogen and oxygen atoms in total. The number of hydrogen-bond donors (Lipinski definition) is 1. The molecule has 0 bridgehead atoms. The first kappa shape index (κ1) is 15.4. The van der Waals surface area contributed by atoms with Crippen molar-refractivity contribution in [1.29, 1.82) is 0 Å². The average molecular weight is 287 g/mol. The highest BCUT2D eigenvalue weighted by Crippen LogP contribution is 2.29. The minimum Gasteiger partial charge on any atom is -0.494 e. The van der Waals surface area contributed by atoms with E-state index in [1.165, 1.54) is 23.3 Å². The first-order chi connectivity index (χ1) is 10.0. The topological polar surface area (TPSA) is 21.3 Å². The molecule has 0 amide bonds. The van der Waals surface area contributed by atoms with E-state index >= 15 is 0 Å². The van der Waals surface area contributed by atoms with E-state index in [9.17, 15) is 4.39 Å². The number of rotatable bonds is 5. The standard InChI is InChI=1S/C18H22FNO/c1-12(2)14-5-7-15(8-6-14)13(3)20-17-10-9-16(19)11-18(17)21-4/h5-13,20H,1-4H3. The first-order valence-electron chi connectivity index (χ1n) is 7.21. The van der Waals surface area contributed by atoms with Crippen LogP contribution in [0.4, 0.5) is 10.1 Å². The summed E-state index contributed by atoms with van der Waals surface area (Å²) in [6, 6.07) is 13.2. The lowest BCUT2D eigenvalue weighted by Crippen LogP contribution is -2.08. The van der Waals surface area contributed by atoms with Crippen LogP contribution >= 0.6 is 0 Å². The van der Waals surface area contributed by atoms with E-state index in [4.69, 9.17) is 4.74 Å². The van der Waals surface area contributed by atoms with Gasteiger partial charge in [0.25, 0.3) is 0 Å². The summed E-state index contributed by atoms with van der Waals surface area (Å²) in [6.45, 7) is 6.44. The molecule has 112 valence electrons. The molecule has 2 aromatic rings. The van der Waals surface area contributed by atoms with Crippen molar-refractivity contribution >= 4 is 5.69 Å². The highest BCUT2D eigenvalue weighted by molar-refractivity contribution is 5.57. The summed E-state index contributed by atoms with van der Waals surface area (Å²) in [7, 11) is 1.54. The molecule has 0 aliphatic rings.